The van der Waals surface area contributed by atoms with Gasteiger partial charge in [0.25, 0.3) is 0 Å². The normalized spacial score (nSPS) is 48.7. The smallest absolute Gasteiger partial charge is 0.0431 e. The van der Waals surface area contributed by atoms with Gasteiger partial charge in [0.15, 0.2) is 0 Å². The van der Waals surface area contributed by atoms with Crippen molar-refractivity contribution >= 4 is 0 Å². The zero-order chi connectivity index (χ0) is 9.42. The highest BCUT2D eigenvalue weighted by atomic mass is 16.2. The molecule has 5 unspecified atom stereocenters. The van der Waals surface area contributed by atoms with Crippen molar-refractivity contribution in [1.82, 2.24) is 0 Å². The van der Waals surface area contributed by atoms with Crippen LogP contribution in [-0.2, 0) is 0 Å². The molecule has 13 heavy (non-hydrogen) atoms. The van der Waals surface area contributed by atoms with Gasteiger partial charge in [-0.1, -0.05) is 13.8 Å². The second-order valence-electron chi connectivity index (χ2n) is 5.24. The van der Waals surface area contributed by atoms with E-state index >= 15 is 0 Å². The molecule has 0 heterocycles. The summed E-state index contributed by atoms with van der Waals surface area (Å²) in [5.74, 6) is 4.87. The maximum atomic E-state index is 8.81. The summed E-state index contributed by atoms with van der Waals surface area (Å²) in [6, 6.07) is 0. The standard InChI is InChI=1S/C12H22O/c1-8-9(2)12-7-11(8)6-10(12)4-3-5-13/h8-13H,3-7H2,1-2H3. The molecule has 2 aliphatic carbocycles. The molecule has 0 saturated heterocycles. The first-order valence-electron chi connectivity index (χ1n) is 5.85. The van der Waals surface area contributed by atoms with Crippen LogP contribution in [0.1, 0.15) is 39.5 Å². The van der Waals surface area contributed by atoms with Crippen LogP contribution in [0, 0.1) is 29.6 Å². The molecule has 0 aromatic rings. The van der Waals surface area contributed by atoms with E-state index in [0.717, 1.165) is 36.0 Å². The molecule has 0 aliphatic heterocycles. The lowest BCUT2D eigenvalue weighted by atomic mass is 9.74. The van der Waals surface area contributed by atoms with Gasteiger partial charge in [-0.05, 0) is 55.3 Å². The first kappa shape index (κ1) is 9.51. The van der Waals surface area contributed by atoms with Gasteiger partial charge in [0.05, 0.1) is 0 Å². The first-order chi connectivity index (χ1) is 6.24. The highest BCUT2D eigenvalue weighted by Gasteiger charge is 2.47. The average molecular weight is 182 g/mol. The van der Waals surface area contributed by atoms with Crippen LogP contribution in [0.15, 0.2) is 0 Å². The highest BCUT2D eigenvalue weighted by molar-refractivity contribution is 4.97. The van der Waals surface area contributed by atoms with Crippen LogP contribution in [0.3, 0.4) is 0 Å². The van der Waals surface area contributed by atoms with E-state index in [1.165, 1.54) is 19.3 Å². The third-order valence-electron chi connectivity index (χ3n) is 4.77. The number of aliphatic hydroxyl groups excluding tert-OH is 1. The Hall–Kier alpha value is -0.0400. The van der Waals surface area contributed by atoms with E-state index in [9.17, 15) is 0 Å². The lowest BCUT2D eigenvalue weighted by Gasteiger charge is -2.31. The van der Waals surface area contributed by atoms with Crippen LogP contribution >= 0.6 is 0 Å². The number of fused-ring (bicyclic) bond motifs is 2. The van der Waals surface area contributed by atoms with Crippen LogP contribution in [0.2, 0.25) is 0 Å². The van der Waals surface area contributed by atoms with Crippen molar-refractivity contribution in [2.45, 2.75) is 39.5 Å². The maximum Gasteiger partial charge on any atom is 0.0431 e. The van der Waals surface area contributed by atoms with Crippen LogP contribution in [0.25, 0.3) is 0 Å². The molecule has 0 amide bonds. The molecule has 2 fully saturated rings. The fourth-order valence-corrected chi connectivity index (χ4v) is 3.78. The van der Waals surface area contributed by atoms with Gasteiger partial charge in [-0.2, -0.15) is 0 Å². The van der Waals surface area contributed by atoms with E-state index in [4.69, 9.17) is 5.11 Å². The largest absolute Gasteiger partial charge is 0.396 e. The predicted molar refractivity (Wildman–Crippen MR) is 54.4 cm³/mol. The van der Waals surface area contributed by atoms with Gasteiger partial charge < -0.3 is 5.11 Å². The van der Waals surface area contributed by atoms with E-state index in [1.54, 1.807) is 0 Å². The minimum Gasteiger partial charge on any atom is -0.396 e. The summed E-state index contributed by atoms with van der Waals surface area (Å²) in [6.45, 7) is 5.25. The third kappa shape index (κ3) is 1.52. The van der Waals surface area contributed by atoms with E-state index in [2.05, 4.69) is 13.8 Å². The van der Waals surface area contributed by atoms with E-state index in [0.29, 0.717) is 6.61 Å². The minimum atomic E-state index is 0.387. The lowest BCUT2D eigenvalue weighted by molar-refractivity contribution is 0.169. The second-order valence-corrected chi connectivity index (χ2v) is 5.24. The van der Waals surface area contributed by atoms with Gasteiger partial charge in [-0.25, -0.2) is 0 Å². The summed E-state index contributed by atoms with van der Waals surface area (Å²) >= 11 is 0. The molecule has 0 spiro atoms. The van der Waals surface area contributed by atoms with Crippen molar-refractivity contribution in [3.63, 3.8) is 0 Å². The van der Waals surface area contributed by atoms with Gasteiger partial charge >= 0.3 is 0 Å². The van der Waals surface area contributed by atoms with Crippen molar-refractivity contribution in [2.24, 2.45) is 29.6 Å². The minimum absolute atomic E-state index is 0.387. The Bertz CT molecular complexity index is 176. The quantitative estimate of drug-likeness (QED) is 0.711. The number of aliphatic hydroxyl groups is 1. The highest BCUT2D eigenvalue weighted by Crippen LogP contribution is 2.55. The number of hydrogen-bond acceptors (Lipinski definition) is 1. The third-order valence-corrected chi connectivity index (χ3v) is 4.77. The molecule has 0 aromatic carbocycles. The van der Waals surface area contributed by atoms with Crippen LogP contribution in [-0.4, -0.2) is 11.7 Å². The van der Waals surface area contributed by atoms with Crippen molar-refractivity contribution < 1.29 is 5.11 Å². The first-order valence-corrected chi connectivity index (χ1v) is 5.85. The van der Waals surface area contributed by atoms with Crippen LogP contribution < -0.4 is 0 Å². The summed E-state index contributed by atoms with van der Waals surface area (Å²) in [7, 11) is 0. The van der Waals surface area contributed by atoms with E-state index in [-0.39, 0.29) is 0 Å². The molecule has 2 rings (SSSR count). The molecule has 2 aliphatic rings. The molecule has 2 saturated carbocycles. The molecule has 76 valence electrons. The fraction of sp³-hybridized carbons (Fsp3) is 1.00. The van der Waals surface area contributed by atoms with Crippen LogP contribution in [0.5, 0.6) is 0 Å². The second kappa shape index (κ2) is 3.61. The molecule has 0 aromatic heterocycles. The van der Waals surface area contributed by atoms with E-state index < -0.39 is 0 Å². The molecular weight excluding hydrogens is 160 g/mol. The summed E-state index contributed by atoms with van der Waals surface area (Å²) < 4.78 is 0. The van der Waals surface area contributed by atoms with Gasteiger partial charge in [-0.15, -0.1) is 0 Å². The molecule has 0 radical (unpaired) electrons. The van der Waals surface area contributed by atoms with Crippen molar-refractivity contribution in [3.8, 4) is 0 Å². The number of hydrogen-bond donors (Lipinski definition) is 1. The lowest BCUT2D eigenvalue weighted by Crippen LogP contribution is -2.24. The SMILES string of the molecule is CC1C2CC(CCCO)C(C2)C1C. The maximum absolute atomic E-state index is 8.81. The van der Waals surface area contributed by atoms with E-state index in [1.807, 2.05) is 0 Å². The van der Waals surface area contributed by atoms with Gasteiger partial charge in [0.1, 0.15) is 0 Å². The van der Waals surface area contributed by atoms with Gasteiger partial charge in [-0.3, -0.25) is 0 Å². The zero-order valence-corrected chi connectivity index (χ0v) is 8.87. The monoisotopic (exact) mass is 182 g/mol. The topological polar surface area (TPSA) is 20.2 Å². The summed E-state index contributed by atoms with van der Waals surface area (Å²) in [5, 5.41) is 8.81. The van der Waals surface area contributed by atoms with Crippen molar-refractivity contribution in [2.75, 3.05) is 6.61 Å². The van der Waals surface area contributed by atoms with Crippen molar-refractivity contribution in [3.05, 3.63) is 0 Å². The number of rotatable bonds is 3. The van der Waals surface area contributed by atoms with Gasteiger partial charge in [0, 0.05) is 6.61 Å². The summed E-state index contributed by atoms with van der Waals surface area (Å²) in [5.41, 5.74) is 0. The van der Waals surface area contributed by atoms with Crippen molar-refractivity contribution in [1.29, 1.82) is 0 Å². The Kier molecular flexibility index (Phi) is 2.64. The summed E-state index contributed by atoms with van der Waals surface area (Å²) in [6.07, 6.45) is 5.23. The Morgan fingerprint density at radius 1 is 1.15 bits per heavy atom. The Labute approximate surface area is 81.5 Å². The molecule has 5 atom stereocenters. The molecule has 1 N–H and O–H groups in total. The molecule has 1 nitrogen and oxygen atoms in total. The molecule has 1 heteroatoms. The fourth-order valence-electron chi connectivity index (χ4n) is 3.78. The summed E-state index contributed by atoms with van der Waals surface area (Å²) in [4.78, 5) is 0. The molecule has 2 bridgehead atoms. The Morgan fingerprint density at radius 3 is 2.46 bits per heavy atom. The molecular formula is C12H22O. The predicted octanol–water partition coefficient (Wildman–Crippen LogP) is 2.69. The zero-order valence-electron chi connectivity index (χ0n) is 8.87. The Balaban J connectivity index is 1.90. The van der Waals surface area contributed by atoms with Gasteiger partial charge in [0.2, 0.25) is 0 Å². The average Bonchev–Trinajstić information content (AvgIpc) is 2.64. The Morgan fingerprint density at radius 2 is 1.92 bits per heavy atom. The van der Waals surface area contributed by atoms with Crippen LogP contribution in [0.4, 0.5) is 0 Å².